The van der Waals surface area contributed by atoms with Crippen molar-refractivity contribution in [3.05, 3.63) is 95.1 Å². The summed E-state index contributed by atoms with van der Waals surface area (Å²) in [6.45, 7) is 3.01. The predicted octanol–water partition coefficient (Wildman–Crippen LogP) is 4.99. The zero-order valence-electron chi connectivity index (χ0n) is 17.0. The molecular formula is C25H24N2O3. The van der Waals surface area contributed by atoms with Gasteiger partial charge in [0.2, 0.25) is 0 Å². The minimum Gasteiger partial charge on any atom is -0.508 e. The van der Waals surface area contributed by atoms with E-state index in [-0.39, 0.29) is 29.4 Å². The number of nitrogens with one attached hydrogen (secondary N) is 1. The molecule has 2 unspecified atom stereocenters. The Bertz CT molecular complexity index is 1050. The first-order chi connectivity index (χ1) is 14.4. The van der Waals surface area contributed by atoms with Gasteiger partial charge in [-0.3, -0.25) is 9.59 Å². The molecule has 0 aromatic heterocycles. The number of anilines is 1. The Kier molecular flexibility index (Phi) is 5.38. The number of benzene rings is 3. The summed E-state index contributed by atoms with van der Waals surface area (Å²) in [7, 11) is 0. The summed E-state index contributed by atoms with van der Waals surface area (Å²) in [5.41, 5.74) is 7.55. The van der Waals surface area contributed by atoms with E-state index in [0.29, 0.717) is 11.1 Å². The average molecular weight is 400 g/mol. The molecule has 3 aromatic rings. The molecule has 0 bridgehead atoms. The maximum absolute atomic E-state index is 12.1. The molecule has 0 radical (unpaired) electrons. The smallest absolute Gasteiger partial charge is 0.159 e. The second kappa shape index (κ2) is 8.13. The molecule has 4 rings (SSSR count). The number of phenolic OH excluding ortho intramolecular Hbond substituents is 1. The van der Waals surface area contributed by atoms with E-state index in [2.05, 4.69) is 17.6 Å². The first kappa shape index (κ1) is 19.9. The summed E-state index contributed by atoms with van der Waals surface area (Å²) in [6, 6.07) is 22.7. The van der Waals surface area contributed by atoms with E-state index < -0.39 is 0 Å². The van der Waals surface area contributed by atoms with E-state index in [9.17, 15) is 14.7 Å². The van der Waals surface area contributed by atoms with Crippen LogP contribution in [0.5, 0.6) is 5.75 Å². The van der Waals surface area contributed by atoms with E-state index in [1.54, 1.807) is 18.2 Å². The van der Waals surface area contributed by atoms with Gasteiger partial charge in [0.05, 0.1) is 17.8 Å². The standard InChI is InChI=1S/C25H24N2O3/c1-16(28)20-12-21(17(2)29)14-22(13-20)27-25(19-8-10-23(30)11-9-19)15-24(26-27)18-6-4-3-5-7-18/h3-14,24-26,30H,15H2,1-2H3. The van der Waals surface area contributed by atoms with Gasteiger partial charge in [-0.25, -0.2) is 5.43 Å². The lowest BCUT2D eigenvalue weighted by atomic mass is 9.96. The normalized spacial score (nSPS) is 18.4. The molecule has 0 aliphatic carbocycles. The van der Waals surface area contributed by atoms with Gasteiger partial charge in [-0.15, -0.1) is 0 Å². The number of nitrogens with zero attached hydrogens (tertiary/aromatic N) is 1. The molecular weight excluding hydrogens is 376 g/mol. The Labute approximate surface area is 175 Å². The number of aromatic hydroxyl groups is 1. The highest BCUT2D eigenvalue weighted by atomic mass is 16.3. The van der Waals surface area contributed by atoms with Crippen LogP contribution in [0.3, 0.4) is 0 Å². The number of hydrogen-bond acceptors (Lipinski definition) is 5. The molecule has 2 atom stereocenters. The third kappa shape index (κ3) is 3.98. The number of hydrazine groups is 1. The molecule has 1 heterocycles. The van der Waals surface area contributed by atoms with Gasteiger partial charge in [-0.1, -0.05) is 42.5 Å². The summed E-state index contributed by atoms with van der Waals surface area (Å²) in [5, 5.41) is 11.7. The Balaban J connectivity index is 1.79. The number of rotatable bonds is 5. The molecule has 5 heteroatoms. The van der Waals surface area contributed by atoms with E-state index >= 15 is 0 Å². The summed E-state index contributed by atoms with van der Waals surface area (Å²) < 4.78 is 0. The molecule has 0 amide bonds. The lowest BCUT2D eigenvalue weighted by Crippen LogP contribution is -2.34. The van der Waals surface area contributed by atoms with Gasteiger partial charge in [-0.05, 0) is 61.7 Å². The highest BCUT2D eigenvalue weighted by Gasteiger charge is 2.34. The van der Waals surface area contributed by atoms with Crippen LogP contribution in [0.15, 0.2) is 72.8 Å². The van der Waals surface area contributed by atoms with Crippen LogP contribution >= 0.6 is 0 Å². The fourth-order valence-corrected chi connectivity index (χ4v) is 3.93. The number of carbonyl (C=O) groups excluding carboxylic acids is 2. The van der Waals surface area contributed by atoms with Gasteiger partial charge in [0.15, 0.2) is 11.6 Å². The van der Waals surface area contributed by atoms with Crippen molar-refractivity contribution in [2.45, 2.75) is 32.4 Å². The average Bonchev–Trinajstić information content (AvgIpc) is 3.20. The van der Waals surface area contributed by atoms with Gasteiger partial charge < -0.3 is 10.1 Å². The van der Waals surface area contributed by atoms with Gasteiger partial charge in [0.1, 0.15) is 5.75 Å². The van der Waals surface area contributed by atoms with Crippen molar-refractivity contribution in [1.82, 2.24) is 5.43 Å². The molecule has 1 aliphatic rings. The fourth-order valence-electron chi connectivity index (χ4n) is 3.93. The molecule has 2 N–H and O–H groups in total. The summed E-state index contributed by atoms with van der Waals surface area (Å²) >= 11 is 0. The fraction of sp³-hybridized carbons (Fsp3) is 0.200. The topological polar surface area (TPSA) is 69.6 Å². The van der Waals surface area contributed by atoms with Crippen molar-refractivity contribution >= 4 is 17.3 Å². The number of Topliss-reactive ketones (excluding diaryl/α,β-unsaturated/α-hetero) is 2. The Morgan fingerprint density at radius 3 is 2.03 bits per heavy atom. The van der Waals surface area contributed by atoms with E-state index in [4.69, 9.17) is 0 Å². The predicted molar refractivity (Wildman–Crippen MR) is 117 cm³/mol. The zero-order chi connectivity index (χ0) is 21.3. The summed E-state index contributed by atoms with van der Waals surface area (Å²) in [4.78, 5) is 24.2. The SMILES string of the molecule is CC(=O)c1cc(C(C)=O)cc(N2NC(c3ccccc3)CC2c2ccc(O)cc2)c1. The molecule has 1 saturated heterocycles. The largest absolute Gasteiger partial charge is 0.508 e. The third-order valence-corrected chi connectivity index (χ3v) is 5.55. The highest BCUT2D eigenvalue weighted by molar-refractivity contribution is 6.01. The van der Waals surface area contributed by atoms with E-state index in [1.807, 2.05) is 47.5 Å². The van der Waals surface area contributed by atoms with Crippen LogP contribution in [-0.2, 0) is 0 Å². The first-order valence-electron chi connectivity index (χ1n) is 9.98. The lowest BCUT2D eigenvalue weighted by Gasteiger charge is -2.28. The second-order valence-corrected chi connectivity index (χ2v) is 7.69. The second-order valence-electron chi connectivity index (χ2n) is 7.69. The van der Waals surface area contributed by atoms with Gasteiger partial charge >= 0.3 is 0 Å². The van der Waals surface area contributed by atoms with Crippen molar-refractivity contribution < 1.29 is 14.7 Å². The van der Waals surface area contributed by atoms with E-state index in [0.717, 1.165) is 17.7 Å². The van der Waals surface area contributed by atoms with Gasteiger partial charge in [0, 0.05) is 11.1 Å². The van der Waals surface area contributed by atoms with Crippen LogP contribution in [0.2, 0.25) is 0 Å². The number of ketones is 2. The van der Waals surface area contributed by atoms with Crippen LogP contribution < -0.4 is 10.4 Å². The number of hydrogen-bond donors (Lipinski definition) is 2. The Morgan fingerprint density at radius 1 is 0.867 bits per heavy atom. The molecule has 30 heavy (non-hydrogen) atoms. The number of carbonyl (C=O) groups is 2. The van der Waals surface area contributed by atoms with E-state index in [1.165, 1.54) is 19.4 Å². The lowest BCUT2D eigenvalue weighted by molar-refractivity contribution is 0.101. The van der Waals surface area contributed by atoms with Crippen molar-refractivity contribution in [1.29, 1.82) is 0 Å². The monoisotopic (exact) mass is 400 g/mol. The van der Waals surface area contributed by atoms with Crippen molar-refractivity contribution in [2.75, 3.05) is 5.01 Å². The molecule has 1 fully saturated rings. The van der Waals surface area contributed by atoms with Crippen LogP contribution in [0, 0.1) is 0 Å². The summed E-state index contributed by atoms with van der Waals surface area (Å²) in [6.07, 6.45) is 0.800. The number of phenols is 1. The highest BCUT2D eigenvalue weighted by Crippen LogP contribution is 2.40. The minimum absolute atomic E-state index is 0.0298. The first-order valence-corrected chi connectivity index (χ1v) is 9.98. The molecule has 152 valence electrons. The maximum atomic E-state index is 12.1. The molecule has 5 nitrogen and oxygen atoms in total. The van der Waals surface area contributed by atoms with Crippen LogP contribution in [-0.4, -0.2) is 16.7 Å². The van der Waals surface area contributed by atoms with Gasteiger partial charge in [0.25, 0.3) is 0 Å². The molecule has 3 aromatic carbocycles. The molecule has 1 aliphatic heterocycles. The van der Waals surface area contributed by atoms with Crippen LogP contribution in [0.25, 0.3) is 0 Å². The minimum atomic E-state index is -0.0839. The van der Waals surface area contributed by atoms with Crippen molar-refractivity contribution in [3.8, 4) is 5.75 Å². The van der Waals surface area contributed by atoms with Crippen LogP contribution in [0.1, 0.15) is 64.2 Å². The third-order valence-electron chi connectivity index (χ3n) is 5.55. The summed E-state index contributed by atoms with van der Waals surface area (Å²) in [5.74, 6) is 0.0481. The van der Waals surface area contributed by atoms with Crippen LogP contribution in [0.4, 0.5) is 5.69 Å². The maximum Gasteiger partial charge on any atom is 0.159 e. The van der Waals surface area contributed by atoms with Crippen molar-refractivity contribution in [3.63, 3.8) is 0 Å². The Hall–Kier alpha value is -3.44. The Morgan fingerprint density at radius 2 is 1.47 bits per heavy atom. The van der Waals surface area contributed by atoms with Gasteiger partial charge in [-0.2, -0.15) is 0 Å². The quantitative estimate of drug-likeness (QED) is 0.590. The molecule has 0 spiro atoms. The van der Waals surface area contributed by atoms with Crippen molar-refractivity contribution in [2.24, 2.45) is 0 Å². The zero-order valence-corrected chi connectivity index (χ0v) is 17.0. The molecule has 0 saturated carbocycles.